The highest BCUT2D eigenvalue weighted by atomic mass is 32.1. The van der Waals surface area contributed by atoms with Crippen molar-refractivity contribution in [3.05, 3.63) is 35.3 Å². The Balaban J connectivity index is 1.85. The second-order valence-corrected chi connectivity index (χ2v) is 6.60. The molecular weight excluding hydrogens is 383 g/mol. The molecule has 0 unspecified atom stereocenters. The van der Waals surface area contributed by atoms with Gasteiger partial charge >= 0.3 is 12.3 Å². The van der Waals surface area contributed by atoms with E-state index in [4.69, 9.17) is 5.11 Å². The molecule has 27 heavy (non-hydrogen) atoms. The molecule has 2 heterocycles. The first-order chi connectivity index (χ1) is 12.8. The minimum atomic E-state index is -4.45. The molecule has 0 aliphatic rings. The summed E-state index contributed by atoms with van der Waals surface area (Å²) in [6, 6.07) is 3.49. The van der Waals surface area contributed by atoms with Gasteiger partial charge in [0.1, 0.15) is 0 Å². The minimum Gasteiger partial charge on any atom is -0.465 e. The number of hydrogen-bond acceptors (Lipinski definition) is 5. The van der Waals surface area contributed by atoms with Gasteiger partial charge in [0.05, 0.1) is 11.1 Å². The summed E-state index contributed by atoms with van der Waals surface area (Å²) in [4.78, 5) is 14.5. The number of aryl methyl sites for hydroxylation is 1. The predicted octanol–water partition coefficient (Wildman–Crippen LogP) is 4.30. The number of aromatic nitrogens is 3. The quantitative estimate of drug-likeness (QED) is 0.515. The maximum Gasteiger partial charge on any atom is 0.416 e. The van der Waals surface area contributed by atoms with E-state index in [0.717, 1.165) is 12.1 Å². The Bertz CT molecular complexity index is 924. The van der Waals surface area contributed by atoms with E-state index in [9.17, 15) is 18.0 Å². The lowest BCUT2D eigenvalue weighted by Gasteiger charge is -2.07. The predicted molar refractivity (Wildman–Crippen MR) is 95.4 cm³/mol. The zero-order chi connectivity index (χ0) is 19.4. The van der Waals surface area contributed by atoms with Gasteiger partial charge in [0, 0.05) is 30.1 Å². The zero-order valence-electron chi connectivity index (χ0n) is 14.0. The first-order valence-corrected chi connectivity index (χ1v) is 8.93. The molecule has 0 spiro atoms. The van der Waals surface area contributed by atoms with Crippen molar-refractivity contribution in [1.82, 2.24) is 20.1 Å². The molecule has 0 radical (unpaired) electrons. The van der Waals surface area contributed by atoms with Gasteiger partial charge in [-0.25, -0.2) is 9.78 Å². The molecule has 2 aromatic heterocycles. The summed E-state index contributed by atoms with van der Waals surface area (Å²) in [6.45, 7) is 0.750. The van der Waals surface area contributed by atoms with Crippen LogP contribution in [0.25, 0.3) is 10.9 Å². The van der Waals surface area contributed by atoms with Gasteiger partial charge < -0.3 is 15.7 Å². The number of hydrogen-bond donors (Lipinski definition) is 3. The highest BCUT2D eigenvalue weighted by molar-refractivity contribution is 7.13. The van der Waals surface area contributed by atoms with Crippen LogP contribution in [-0.2, 0) is 12.7 Å². The number of carboxylic acid groups (broad SMARTS) is 1. The first kappa shape index (κ1) is 19.0. The SMILES string of the molecule is O=C(O)NCCCCn1nc(Nc2nccs2)c2cc(C(F)(F)F)ccc21. The van der Waals surface area contributed by atoms with Crippen molar-refractivity contribution in [3.8, 4) is 0 Å². The molecule has 0 fully saturated rings. The number of nitrogens with one attached hydrogen (secondary N) is 2. The number of amides is 1. The van der Waals surface area contributed by atoms with Crippen molar-refractivity contribution in [2.24, 2.45) is 0 Å². The molecule has 1 aromatic carbocycles. The Hall–Kier alpha value is -2.82. The molecule has 0 saturated carbocycles. The van der Waals surface area contributed by atoms with Crippen LogP contribution in [0.15, 0.2) is 29.8 Å². The molecule has 0 aliphatic heterocycles. The number of rotatable bonds is 7. The Morgan fingerprint density at radius 1 is 1.30 bits per heavy atom. The third-order valence-electron chi connectivity index (χ3n) is 3.81. The summed E-state index contributed by atoms with van der Waals surface area (Å²) in [5.41, 5.74) is -0.185. The number of halogens is 3. The second kappa shape index (κ2) is 7.82. The number of thiazole rings is 1. The highest BCUT2D eigenvalue weighted by Crippen LogP contribution is 2.34. The third kappa shape index (κ3) is 4.67. The fourth-order valence-corrected chi connectivity index (χ4v) is 3.11. The lowest BCUT2D eigenvalue weighted by atomic mass is 10.1. The van der Waals surface area contributed by atoms with E-state index in [2.05, 4.69) is 20.7 Å². The van der Waals surface area contributed by atoms with Crippen LogP contribution in [0.3, 0.4) is 0 Å². The van der Waals surface area contributed by atoms with E-state index >= 15 is 0 Å². The van der Waals surface area contributed by atoms with Crippen LogP contribution in [0.4, 0.5) is 28.9 Å². The molecule has 0 saturated heterocycles. The van der Waals surface area contributed by atoms with Crippen LogP contribution < -0.4 is 10.6 Å². The van der Waals surface area contributed by atoms with Crippen LogP contribution in [0.1, 0.15) is 18.4 Å². The maximum atomic E-state index is 13.1. The molecule has 0 aliphatic carbocycles. The van der Waals surface area contributed by atoms with Crippen molar-refractivity contribution in [2.45, 2.75) is 25.6 Å². The lowest BCUT2D eigenvalue weighted by Crippen LogP contribution is -2.22. The average Bonchev–Trinajstić information content (AvgIpc) is 3.22. The smallest absolute Gasteiger partial charge is 0.416 e. The van der Waals surface area contributed by atoms with Crippen molar-refractivity contribution < 1.29 is 23.1 Å². The number of carbonyl (C=O) groups is 1. The van der Waals surface area contributed by atoms with E-state index < -0.39 is 17.8 Å². The Labute approximate surface area is 155 Å². The Kier molecular flexibility index (Phi) is 5.49. The van der Waals surface area contributed by atoms with E-state index in [1.165, 1.54) is 17.4 Å². The van der Waals surface area contributed by atoms with E-state index in [1.807, 2.05) is 0 Å². The third-order valence-corrected chi connectivity index (χ3v) is 4.50. The number of benzene rings is 1. The van der Waals surface area contributed by atoms with Gasteiger partial charge in [-0.05, 0) is 31.0 Å². The van der Waals surface area contributed by atoms with Gasteiger partial charge in [0.15, 0.2) is 10.9 Å². The molecule has 11 heteroatoms. The van der Waals surface area contributed by atoms with Gasteiger partial charge in [0.25, 0.3) is 0 Å². The summed E-state index contributed by atoms with van der Waals surface area (Å²) in [6.07, 6.45) is -2.74. The fourth-order valence-electron chi connectivity index (χ4n) is 2.59. The number of fused-ring (bicyclic) bond motifs is 1. The summed E-state index contributed by atoms with van der Waals surface area (Å²) in [5.74, 6) is 0.301. The normalized spacial score (nSPS) is 11.7. The first-order valence-electron chi connectivity index (χ1n) is 8.05. The molecule has 3 rings (SSSR count). The number of nitrogens with zero attached hydrogens (tertiary/aromatic N) is 3. The minimum absolute atomic E-state index is 0.301. The molecule has 144 valence electrons. The van der Waals surface area contributed by atoms with Crippen LogP contribution >= 0.6 is 11.3 Å². The number of anilines is 2. The second-order valence-electron chi connectivity index (χ2n) is 5.70. The number of unbranched alkanes of at least 4 members (excludes halogenated alkanes) is 1. The highest BCUT2D eigenvalue weighted by Gasteiger charge is 2.31. The average molecular weight is 399 g/mol. The summed E-state index contributed by atoms with van der Waals surface area (Å²) in [7, 11) is 0. The summed E-state index contributed by atoms with van der Waals surface area (Å²) >= 11 is 1.31. The molecule has 7 nitrogen and oxygen atoms in total. The zero-order valence-corrected chi connectivity index (χ0v) is 14.8. The van der Waals surface area contributed by atoms with Crippen molar-refractivity contribution in [3.63, 3.8) is 0 Å². The van der Waals surface area contributed by atoms with Crippen molar-refractivity contribution in [2.75, 3.05) is 11.9 Å². The van der Waals surface area contributed by atoms with Crippen LogP contribution in [0, 0.1) is 0 Å². The Morgan fingerprint density at radius 2 is 2.11 bits per heavy atom. The van der Waals surface area contributed by atoms with E-state index in [0.29, 0.717) is 47.8 Å². The van der Waals surface area contributed by atoms with E-state index in [-0.39, 0.29) is 0 Å². The van der Waals surface area contributed by atoms with Gasteiger partial charge in [-0.2, -0.15) is 18.3 Å². The van der Waals surface area contributed by atoms with Gasteiger partial charge in [-0.15, -0.1) is 11.3 Å². The standard InChI is InChI=1S/C16H16F3N5O2S/c17-16(18,19)10-3-4-12-11(9-10)13(22-14-20-6-8-27-14)23-24(12)7-2-1-5-21-15(25)26/h3-4,6,8-9,21H,1-2,5,7H2,(H,25,26)(H,20,22,23). The largest absolute Gasteiger partial charge is 0.465 e. The fraction of sp³-hybridized carbons (Fsp3) is 0.312. The molecule has 1 amide bonds. The van der Waals surface area contributed by atoms with E-state index in [1.54, 1.807) is 16.3 Å². The molecule has 0 bridgehead atoms. The van der Waals surface area contributed by atoms with Gasteiger partial charge in [0.2, 0.25) is 0 Å². The van der Waals surface area contributed by atoms with Crippen molar-refractivity contribution >= 4 is 39.3 Å². The maximum absolute atomic E-state index is 13.1. The topological polar surface area (TPSA) is 92.1 Å². The Morgan fingerprint density at radius 3 is 2.78 bits per heavy atom. The molecular formula is C16H16F3N5O2S. The molecule has 3 aromatic rings. The van der Waals surface area contributed by atoms with Crippen LogP contribution in [0.2, 0.25) is 0 Å². The van der Waals surface area contributed by atoms with Gasteiger partial charge in [-0.3, -0.25) is 4.68 Å². The molecule has 3 N–H and O–H groups in total. The van der Waals surface area contributed by atoms with Gasteiger partial charge in [-0.1, -0.05) is 0 Å². The monoisotopic (exact) mass is 399 g/mol. The van der Waals surface area contributed by atoms with Crippen molar-refractivity contribution in [1.29, 1.82) is 0 Å². The van der Waals surface area contributed by atoms with Crippen LogP contribution in [0.5, 0.6) is 0 Å². The lowest BCUT2D eigenvalue weighted by molar-refractivity contribution is -0.137. The summed E-state index contributed by atoms with van der Waals surface area (Å²) in [5, 5.41) is 20.8. The summed E-state index contributed by atoms with van der Waals surface area (Å²) < 4.78 is 40.8. The van der Waals surface area contributed by atoms with Crippen LogP contribution in [-0.4, -0.2) is 32.5 Å². The number of alkyl halides is 3. The molecule has 0 atom stereocenters.